The summed E-state index contributed by atoms with van der Waals surface area (Å²) < 4.78 is 2.68. The molecule has 0 spiro atoms. The minimum atomic E-state index is 0.832. The van der Waals surface area contributed by atoms with Crippen LogP contribution in [0.3, 0.4) is 0 Å². The van der Waals surface area contributed by atoms with E-state index >= 15 is 0 Å². The van der Waals surface area contributed by atoms with E-state index in [2.05, 4.69) is 231 Å². The molecule has 0 aliphatic rings. The van der Waals surface area contributed by atoms with Crippen molar-refractivity contribution >= 4 is 53.9 Å². The van der Waals surface area contributed by atoms with Gasteiger partial charge in [0, 0.05) is 25.6 Å². The van der Waals surface area contributed by atoms with Crippen molar-refractivity contribution in [3.8, 4) is 33.4 Å². The van der Waals surface area contributed by atoms with Crippen molar-refractivity contribution in [3.05, 3.63) is 229 Å². The summed E-state index contributed by atoms with van der Waals surface area (Å²) in [5, 5.41) is 5.23. The van der Waals surface area contributed by atoms with E-state index in [0.29, 0.717) is 0 Å². The van der Waals surface area contributed by atoms with E-state index < -0.39 is 0 Å². The number of nitrogens with two attached hydrogens (primary N) is 2. The second-order valence-corrected chi connectivity index (χ2v) is 15.0. The smallest absolute Gasteiger partial charge is 0.0434 e. The molecule has 9 rings (SSSR count). The van der Waals surface area contributed by atoms with Gasteiger partial charge in [-0.15, -0.1) is 11.3 Å². The summed E-state index contributed by atoms with van der Waals surface area (Å²) in [4.78, 5) is 0. The van der Waals surface area contributed by atoms with Crippen LogP contribution in [0.2, 0.25) is 0 Å². The minimum absolute atomic E-state index is 0.832. The fourth-order valence-electron chi connectivity index (χ4n) is 7.74. The molecule has 8 aromatic carbocycles. The van der Waals surface area contributed by atoms with Crippen LogP contribution in [-0.2, 0) is 6.42 Å². The largest absolute Gasteiger partial charge is 0.274 e. The van der Waals surface area contributed by atoms with Crippen molar-refractivity contribution in [2.45, 2.75) is 13.3 Å². The highest BCUT2D eigenvalue weighted by Crippen LogP contribution is 2.44. The van der Waals surface area contributed by atoms with Gasteiger partial charge < -0.3 is 0 Å². The molecular formula is C54H44N2S. The Hall–Kier alpha value is -6.62. The van der Waals surface area contributed by atoms with Crippen LogP contribution in [0.5, 0.6) is 0 Å². The lowest BCUT2D eigenvalue weighted by atomic mass is 9.93. The topological polar surface area (TPSA) is 52.0 Å². The van der Waals surface area contributed by atoms with E-state index in [1.54, 1.807) is 0 Å². The van der Waals surface area contributed by atoms with Crippen molar-refractivity contribution < 1.29 is 0 Å². The van der Waals surface area contributed by atoms with Gasteiger partial charge in [-0.25, -0.2) is 0 Å². The van der Waals surface area contributed by atoms with Crippen LogP contribution in [-0.4, -0.2) is 0 Å². The lowest BCUT2D eigenvalue weighted by Crippen LogP contribution is -2.02. The van der Waals surface area contributed by atoms with Crippen LogP contribution in [0.4, 0.5) is 0 Å². The average Bonchev–Trinajstić information content (AvgIpc) is 3.67. The third-order valence-electron chi connectivity index (χ3n) is 10.5. The normalized spacial score (nSPS) is 11.8. The zero-order chi connectivity index (χ0) is 39.0. The number of thiophene rings is 1. The number of rotatable bonds is 9. The van der Waals surface area contributed by atoms with E-state index in [9.17, 15) is 0 Å². The molecule has 0 aliphatic heterocycles. The summed E-state index contributed by atoms with van der Waals surface area (Å²) >= 11 is 1.91. The summed E-state index contributed by atoms with van der Waals surface area (Å²) in [5.74, 6) is 8.00. The van der Waals surface area contributed by atoms with Crippen molar-refractivity contribution in [2.24, 2.45) is 11.7 Å². The first-order valence-corrected chi connectivity index (χ1v) is 20.2. The van der Waals surface area contributed by atoms with Crippen LogP contribution in [0, 0.1) is 0 Å². The molecule has 4 N–H and O–H groups in total. The Morgan fingerprint density at radius 1 is 0.474 bits per heavy atom. The van der Waals surface area contributed by atoms with Gasteiger partial charge in [0.15, 0.2) is 0 Å². The summed E-state index contributed by atoms with van der Waals surface area (Å²) in [7, 11) is 0. The molecule has 0 radical (unpaired) electrons. The molecule has 2 nitrogen and oxygen atoms in total. The maximum absolute atomic E-state index is 4.00. The highest BCUT2D eigenvalue weighted by molar-refractivity contribution is 7.27. The highest BCUT2D eigenvalue weighted by Gasteiger charge is 2.15. The molecule has 0 aliphatic carbocycles. The van der Waals surface area contributed by atoms with Crippen LogP contribution in [0.1, 0.15) is 29.2 Å². The zero-order valence-electron chi connectivity index (χ0n) is 32.0. The molecule has 0 saturated heterocycles. The van der Waals surface area contributed by atoms with E-state index in [4.69, 9.17) is 0 Å². The van der Waals surface area contributed by atoms with E-state index in [-0.39, 0.29) is 0 Å². The van der Waals surface area contributed by atoms with Crippen LogP contribution >= 0.6 is 11.3 Å². The predicted octanol–water partition coefficient (Wildman–Crippen LogP) is 14.3. The van der Waals surface area contributed by atoms with E-state index in [1.807, 2.05) is 11.3 Å². The number of allylic oxidation sites excluding steroid dienone is 4. The van der Waals surface area contributed by atoms with Gasteiger partial charge in [0.25, 0.3) is 0 Å². The van der Waals surface area contributed by atoms with Crippen LogP contribution in [0.15, 0.2) is 206 Å². The number of hydrogen-bond donors (Lipinski definition) is 2. The molecule has 0 saturated carbocycles. The Bertz CT molecular complexity index is 2880. The Balaban J connectivity index is 0.00000224. The lowest BCUT2D eigenvalue weighted by molar-refractivity contribution is 1.26. The fraction of sp³-hybridized carbons (Fsp3) is 0.0370. The third-order valence-corrected chi connectivity index (χ3v) is 11.8. The first-order valence-electron chi connectivity index (χ1n) is 19.3. The third kappa shape index (κ3) is 7.91. The highest BCUT2D eigenvalue weighted by atomic mass is 32.1. The Kier molecular flexibility index (Phi) is 11.4. The fourth-order valence-corrected chi connectivity index (χ4v) is 9.10. The first-order chi connectivity index (χ1) is 28.2. The van der Waals surface area contributed by atoms with Crippen LogP contribution < -0.4 is 11.7 Å². The molecule has 0 fully saturated rings. The lowest BCUT2D eigenvalue weighted by Gasteiger charge is -2.11. The van der Waals surface area contributed by atoms with Gasteiger partial charge in [-0.05, 0) is 92.1 Å². The van der Waals surface area contributed by atoms with E-state index in [0.717, 1.165) is 6.42 Å². The molecule has 1 aromatic heterocycles. The summed E-state index contributed by atoms with van der Waals surface area (Å²) in [6.07, 6.45) is 11.7. The summed E-state index contributed by atoms with van der Waals surface area (Å²) in [6, 6.07) is 66.4. The number of hydrogen-bond acceptors (Lipinski definition) is 3. The molecule has 9 aromatic rings. The van der Waals surface area contributed by atoms with Gasteiger partial charge in [-0.3, -0.25) is 11.7 Å². The van der Waals surface area contributed by atoms with Crippen molar-refractivity contribution in [2.75, 3.05) is 0 Å². The first kappa shape index (κ1) is 37.3. The van der Waals surface area contributed by atoms with Crippen molar-refractivity contribution in [1.29, 1.82) is 0 Å². The average molecular weight is 753 g/mol. The monoisotopic (exact) mass is 752 g/mol. The summed E-state index contributed by atoms with van der Waals surface area (Å²) in [5.41, 5.74) is 13.7. The summed E-state index contributed by atoms with van der Waals surface area (Å²) in [6.45, 7) is 2.05. The molecule has 0 amide bonds. The van der Waals surface area contributed by atoms with Crippen molar-refractivity contribution in [3.63, 3.8) is 0 Å². The van der Waals surface area contributed by atoms with Crippen LogP contribution in [0.25, 0.3) is 76.0 Å². The van der Waals surface area contributed by atoms with Crippen molar-refractivity contribution in [1.82, 2.24) is 0 Å². The molecule has 3 heteroatoms. The Morgan fingerprint density at radius 2 is 1.05 bits per heavy atom. The van der Waals surface area contributed by atoms with E-state index in [1.165, 1.54) is 92.2 Å². The van der Waals surface area contributed by atoms with Gasteiger partial charge in [-0.2, -0.15) is 0 Å². The van der Waals surface area contributed by atoms with Gasteiger partial charge in [0.1, 0.15) is 0 Å². The molecule has 1 heterocycles. The van der Waals surface area contributed by atoms with Gasteiger partial charge >= 0.3 is 0 Å². The second kappa shape index (κ2) is 17.5. The molecule has 276 valence electrons. The molecule has 0 atom stereocenters. The van der Waals surface area contributed by atoms with Gasteiger partial charge in [0.2, 0.25) is 0 Å². The molecular weight excluding hydrogens is 709 g/mol. The Morgan fingerprint density at radius 3 is 1.82 bits per heavy atom. The maximum Gasteiger partial charge on any atom is 0.0434 e. The predicted molar refractivity (Wildman–Crippen MR) is 249 cm³/mol. The quantitative estimate of drug-likeness (QED) is 0.0876. The number of hydrazine groups is 1. The molecule has 57 heavy (non-hydrogen) atoms. The molecule has 0 bridgehead atoms. The standard InChI is InChI=1S/C54H40S.H4N2/c1-2-3-6-21-46-37-52-51-28-15-27-49(53(51)55-54(52)50-26-12-11-25-48(46)50)45-24-14-23-44(36-45)43-22-13-16-38(35-43)29-34-47(41-19-9-5-10-20-41)42-32-30-40(31-33-42)39-17-7-4-8-18-39;1-2/h2-28,30-37H,29H2,1H3;1-2H2/b3-2-,21-6-,47-34+;. The second-order valence-electron chi connectivity index (χ2n) is 14.0. The SMILES string of the molecule is C/C=C\C=C/c1cc2c3cccc(-c4cccc(-c5cccc(C/C=C(\c6ccccc6)c6ccc(-c7ccccc7)cc6)c5)c4)c3sc2c2ccccc12.NN. The Labute approximate surface area is 339 Å². The molecule has 0 unspecified atom stereocenters. The van der Waals surface area contributed by atoms with Gasteiger partial charge in [-0.1, -0.05) is 200 Å². The zero-order valence-corrected chi connectivity index (χ0v) is 32.8. The number of fused-ring (bicyclic) bond motifs is 5. The maximum atomic E-state index is 4.00. The minimum Gasteiger partial charge on any atom is -0.274 e. The van der Waals surface area contributed by atoms with Gasteiger partial charge in [0.05, 0.1) is 0 Å². The number of benzene rings is 8.